The maximum atomic E-state index is 12.1. The topological polar surface area (TPSA) is 115 Å². The van der Waals surface area contributed by atoms with Crippen molar-refractivity contribution < 1.29 is 14.7 Å². The Hall–Kier alpha value is -4.01. The summed E-state index contributed by atoms with van der Waals surface area (Å²) in [5.41, 5.74) is 3.91. The summed E-state index contributed by atoms with van der Waals surface area (Å²) >= 11 is 0. The van der Waals surface area contributed by atoms with Crippen LogP contribution in [0.2, 0.25) is 0 Å². The molecule has 0 aliphatic heterocycles. The van der Waals surface area contributed by atoms with Gasteiger partial charge in [-0.25, -0.2) is 9.67 Å². The number of fused-ring (bicyclic) bond motifs is 1. The van der Waals surface area contributed by atoms with Crippen molar-refractivity contribution in [2.45, 2.75) is 13.1 Å². The van der Waals surface area contributed by atoms with Gasteiger partial charge in [-0.3, -0.25) is 14.2 Å². The molecular formula is C19H16N6O3. The molecule has 0 fully saturated rings. The molecule has 2 N–H and O–H groups in total. The number of nitrogens with one attached hydrogen (secondary N) is 1. The molecule has 28 heavy (non-hydrogen) atoms. The summed E-state index contributed by atoms with van der Waals surface area (Å²) in [4.78, 5) is 27.2. The molecule has 2 aromatic heterocycles. The molecule has 0 bridgehead atoms. The Morgan fingerprint density at radius 2 is 1.86 bits per heavy atom. The fourth-order valence-corrected chi connectivity index (χ4v) is 2.83. The van der Waals surface area contributed by atoms with Crippen LogP contribution in [0, 0.1) is 0 Å². The van der Waals surface area contributed by atoms with E-state index in [-0.39, 0.29) is 12.2 Å². The molecular weight excluding hydrogens is 360 g/mol. The summed E-state index contributed by atoms with van der Waals surface area (Å²) in [6, 6.07) is 15.6. The highest BCUT2D eigenvalue weighted by atomic mass is 16.4. The van der Waals surface area contributed by atoms with E-state index < -0.39 is 11.9 Å². The second-order valence-electron chi connectivity index (χ2n) is 6.15. The van der Waals surface area contributed by atoms with Crippen LogP contribution >= 0.6 is 0 Å². The van der Waals surface area contributed by atoms with E-state index in [0.717, 1.165) is 27.0 Å². The second kappa shape index (κ2) is 7.31. The number of carboxylic acids is 1. The Bertz CT molecular complexity index is 1150. The van der Waals surface area contributed by atoms with E-state index in [2.05, 4.69) is 20.6 Å². The van der Waals surface area contributed by atoms with Gasteiger partial charge in [-0.05, 0) is 29.8 Å². The number of para-hydroxylation sites is 2. The van der Waals surface area contributed by atoms with Crippen molar-refractivity contribution in [2.75, 3.05) is 0 Å². The first-order chi connectivity index (χ1) is 13.6. The average molecular weight is 376 g/mol. The standard InChI is InChI=1S/C19H16N6O3/c26-18(27)11-24-10-16(22-23-24)19(28)20-9-13-5-7-14(8-6-13)25-12-21-15-3-1-2-4-17(15)25/h1-8,10,12H,9,11H2,(H,20,28)(H,26,27). The third kappa shape index (κ3) is 3.58. The Labute approximate surface area is 159 Å². The van der Waals surface area contributed by atoms with Crippen molar-refractivity contribution in [3.63, 3.8) is 0 Å². The van der Waals surface area contributed by atoms with Crippen LogP contribution < -0.4 is 5.32 Å². The van der Waals surface area contributed by atoms with Gasteiger partial charge in [0.15, 0.2) is 5.69 Å². The zero-order valence-electron chi connectivity index (χ0n) is 14.7. The van der Waals surface area contributed by atoms with Crippen LogP contribution in [0.1, 0.15) is 16.1 Å². The van der Waals surface area contributed by atoms with E-state index in [4.69, 9.17) is 5.11 Å². The molecule has 9 nitrogen and oxygen atoms in total. The number of aliphatic carboxylic acids is 1. The normalized spacial score (nSPS) is 10.9. The number of carbonyl (C=O) groups excluding carboxylic acids is 1. The summed E-state index contributed by atoms with van der Waals surface area (Å²) in [5.74, 6) is -1.47. The smallest absolute Gasteiger partial charge is 0.325 e. The van der Waals surface area contributed by atoms with Crippen molar-refractivity contribution in [1.29, 1.82) is 0 Å². The average Bonchev–Trinajstić information content (AvgIpc) is 3.33. The molecule has 0 saturated carbocycles. The van der Waals surface area contributed by atoms with Crippen LogP contribution in [0.5, 0.6) is 0 Å². The molecule has 0 saturated heterocycles. The number of aromatic nitrogens is 5. The molecule has 4 aromatic rings. The molecule has 0 radical (unpaired) electrons. The second-order valence-corrected chi connectivity index (χ2v) is 6.15. The minimum Gasteiger partial charge on any atom is -0.480 e. The number of nitrogens with zero attached hydrogens (tertiary/aromatic N) is 5. The molecule has 140 valence electrons. The summed E-state index contributed by atoms with van der Waals surface area (Å²) < 4.78 is 3.10. The zero-order valence-corrected chi connectivity index (χ0v) is 14.7. The summed E-state index contributed by atoms with van der Waals surface area (Å²) in [6.45, 7) is -0.0275. The SMILES string of the molecule is O=C(O)Cn1cc(C(=O)NCc2ccc(-n3cnc4ccccc43)cc2)nn1. The molecule has 0 aliphatic carbocycles. The van der Waals surface area contributed by atoms with Gasteiger partial charge in [-0.2, -0.15) is 0 Å². The largest absolute Gasteiger partial charge is 0.480 e. The fourth-order valence-electron chi connectivity index (χ4n) is 2.83. The highest BCUT2D eigenvalue weighted by Crippen LogP contribution is 2.18. The summed E-state index contributed by atoms with van der Waals surface area (Å²) in [7, 11) is 0. The van der Waals surface area contributed by atoms with Crippen molar-refractivity contribution >= 4 is 22.9 Å². The van der Waals surface area contributed by atoms with Crippen molar-refractivity contribution in [1.82, 2.24) is 29.9 Å². The highest BCUT2D eigenvalue weighted by Gasteiger charge is 2.12. The quantitative estimate of drug-likeness (QED) is 0.529. The minimum atomic E-state index is -1.05. The summed E-state index contributed by atoms with van der Waals surface area (Å²) in [6.07, 6.45) is 3.08. The third-order valence-electron chi connectivity index (χ3n) is 4.19. The Morgan fingerprint density at radius 1 is 1.07 bits per heavy atom. The molecule has 0 spiro atoms. The molecule has 2 aromatic carbocycles. The number of hydrogen-bond donors (Lipinski definition) is 2. The van der Waals surface area contributed by atoms with Gasteiger partial charge in [-0.1, -0.05) is 29.5 Å². The van der Waals surface area contributed by atoms with E-state index in [1.807, 2.05) is 53.1 Å². The lowest BCUT2D eigenvalue weighted by Crippen LogP contribution is -2.23. The predicted molar refractivity (Wildman–Crippen MR) is 99.9 cm³/mol. The number of imidazole rings is 1. The van der Waals surface area contributed by atoms with Crippen LogP contribution in [0.3, 0.4) is 0 Å². The first-order valence-electron chi connectivity index (χ1n) is 8.52. The summed E-state index contributed by atoms with van der Waals surface area (Å²) in [5, 5.41) is 18.8. The lowest BCUT2D eigenvalue weighted by molar-refractivity contribution is -0.137. The van der Waals surface area contributed by atoms with Crippen LogP contribution in [0.4, 0.5) is 0 Å². The maximum absolute atomic E-state index is 12.1. The third-order valence-corrected chi connectivity index (χ3v) is 4.19. The van der Waals surface area contributed by atoms with Gasteiger partial charge in [0.1, 0.15) is 12.9 Å². The highest BCUT2D eigenvalue weighted by molar-refractivity contribution is 5.91. The van der Waals surface area contributed by atoms with Gasteiger partial charge in [0.2, 0.25) is 0 Å². The first kappa shape index (κ1) is 17.4. The van der Waals surface area contributed by atoms with Crippen molar-refractivity contribution in [3.05, 3.63) is 72.3 Å². The van der Waals surface area contributed by atoms with E-state index in [1.165, 1.54) is 6.20 Å². The Balaban J connectivity index is 1.41. The van der Waals surface area contributed by atoms with Gasteiger partial charge < -0.3 is 10.4 Å². The van der Waals surface area contributed by atoms with E-state index in [9.17, 15) is 9.59 Å². The number of amides is 1. The number of rotatable bonds is 6. The number of carbonyl (C=O) groups is 2. The van der Waals surface area contributed by atoms with E-state index in [1.54, 1.807) is 6.33 Å². The van der Waals surface area contributed by atoms with E-state index >= 15 is 0 Å². The molecule has 4 rings (SSSR count). The zero-order chi connectivity index (χ0) is 19.5. The lowest BCUT2D eigenvalue weighted by Gasteiger charge is -2.07. The van der Waals surface area contributed by atoms with Crippen molar-refractivity contribution in [3.8, 4) is 5.69 Å². The predicted octanol–water partition coefficient (Wildman–Crippen LogP) is 1.63. The minimum absolute atomic E-state index is 0.0720. The molecule has 0 unspecified atom stereocenters. The first-order valence-corrected chi connectivity index (χ1v) is 8.52. The molecule has 0 atom stereocenters. The Morgan fingerprint density at radius 3 is 2.64 bits per heavy atom. The maximum Gasteiger partial charge on any atom is 0.325 e. The molecule has 1 amide bonds. The molecule has 9 heteroatoms. The van der Waals surface area contributed by atoms with Gasteiger partial charge in [-0.15, -0.1) is 5.10 Å². The van der Waals surface area contributed by atoms with Crippen molar-refractivity contribution in [2.24, 2.45) is 0 Å². The lowest BCUT2D eigenvalue weighted by atomic mass is 10.2. The van der Waals surface area contributed by atoms with Gasteiger partial charge in [0, 0.05) is 12.2 Å². The van der Waals surface area contributed by atoms with Crippen LogP contribution in [0.25, 0.3) is 16.7 Å². The van der Waals surface area contributed by atoms with Crippen LogP contribution in [0.15, 0.2) is 61.1 Å². The Kier molecular flexibility index (Phi) is 4.55. The molecule has 0 aliphatic rings. The van der Waals surface area contributed by atoms with Crippen LogP contribution in [-0.4, -0.2) is 41.5 Å². The van der Waals surface area contributed by atoms with Crippen LogP contribution in [-0.2, 0) is 17.9 Å². The molecule has 2 heterocycles. The number of hydrogen-bond acceptors (Lipinski definition) is 5. The fraction of sp³-hybridized carbons (Fsp3) is 0.105. The monoisotopic (exact) mass is 376 g/mol. The van der Waals surface area contributed by atoms with Gasteiger partial charge in [0.25, 0.3) is 5.91 Å². The van der Waals surface area contributed by atoms with E-state index in [0.29, 0.717) is 6.54 Å². The van der Waals surface area contributed by atoms with Gasteiger partial charge >= 0.3 is 5.97 Å². The number of benzene rings is 2. The number of carboxylic acid groups (broad SMARTS) is 1. The van der Waals surface area contributed by atoms with Gasteiger partial charge in [0.05, 0.1) is 17.2 Å².